The molecule has 2 aromatic rings. The molecular weight excluding hydrogens is 366 g/mol. The van der Waals surface area contributed by atoms with Crippen molar-refractivity contribution in [2.75, 3.05) is 0 Å². The Balaban J connectivity index is 1.09. The highest BCUT2D eigenvalue weighted by atomic mass is 16.5. The molecular formula is C28H37NO. The molecule has 0 unspecified atom stereocenters. The number of hydrogen-bond acceptors (Lipinski definition) is 2. The van der Waals surface area contributed by atoms with E-state index < -0.39 is 0 Å². The average molecular weight is 404 g/mol. The second-order valence-corrected chi connectivity index (χ2v) is 11.6. The minimum atomic E-state index is 0.406. The summed E-state index contributed by atoms with van der Waals surface area (Å²) in [6, 6.07) is 13.7. The zero-order valence-corrected chi connectivity index (χ0v) is 18.6. The van der Waals surface area contributed by atoms with Crippen LogP contribution in [0.15, 0.2) is 36.4 Å². The summed E-state index contributed by atoms with van der Waals surface area (Å²) in [4.78, 5) is 0. The molecule has 5 aliphatic carbocycles. The van der Waals surface area contributed by atoms with Crippen molar-refractivity contribution in [3.8, 4) is 5.75 Å². The van der Waals surface area contributed by atoms with E-state index in [0.29, 0.717) is 17.1 Å². The molecule has 2 nitrogen and oxygen atoms in total. The maximum atomic E-state index is 6.37. The minimum absolute atomic E-state index is 0.406. The molecule has 0 aliphatic heterocycles. The molecule has 0 amide bonds. The number of nitrogens with one attached hydrogen (secondary N) is 1. The first-order valence-corrected chi connectivity index (χ1v) is 12.5. The monoisotopic (exact) mass is 403 g/mol. The van der Waals surface area contributed by atoms with Crippen LogP contribution in [0.4, 0.5) is 0 Å². The fraction of sp³-hybridized carbons (Fsp3) is 0.643. The Labute approximate surface area is 181 Å². The molecule has 0 heterocycles. The molecule has 0 radical (unpaired) electrons. The zero-order valence-electron chi connectivity index (χ0n) is 18.6. The predicted molar refractivity (Wildman–Crippen MR) is 124 cm³/mol. The van der Waals surface area contributed by atoms with Crippen LogP contribution >= 0.6 is 0 Å². The second-order valence-electron chi connectivity index (χ2n) is 11.6. The van der Waals surface area contributed by atoms with Crippen molar-refractivity contribution in [3.05, 3.63) is 42.0 Å². The van der Waals surface area contributed by atoms with Gasteiger partial charge in [-0.1, -0.05) is 25.1 Å². The number of benzene rings is 2. The predicted octanol–water partition coefficient (Wildman–Crippen LogP) is 7.14. The zero-order chi connectivity index (χ0) is 20.2. The van der Waals surface area contributed by atoms with Gasteiger partial charge in [0, 0.05) is 12.1 Å². The van der Waals surface area contributed by atoms with E-state index in [4.69, 9.17) is 4.74 Å². The van der Waals surface area contributed by atoms with Gasteiger partial charge in [-0.2, -0.15) is 0 Å². The molecule has 5 fully saturated rings. The summed E-state index contributed by atoms with van der Waals surface area (Å²) in [5, 5.41) is 6.61. The third-order valence-electron chi connectivity index (χ3n) is 9.42. The summed E-state index contributed by atoms with van der Waals surface area (Å²) < 4.78 is 6.37. The van der Waals surface area contributed by atoms with Crippen LogP contribution in [0.25, 0.3) is 10.8 Å². The highest BCUT2D eigenvalue weighted by Gasteiger charge is 2.46. The quantitative estimate of drug-likeness (QED) is 0.572. The number of hydrogen-bond donors (Lipinski definition) is 1. The lowest BCUT2D eigenvalue weighted by atomic mass is 9.58. The first kappa shape index (κ1) is 19.2. The van der Waals surface area contributed by atoms with Gasteiger partial charge in [0.1, 0.15) is 5.75 Å². The Bertz CT molecular complexity index is 908. The minimum Gasteiger partial charge on any atom is -0.490 e. The molecule has 1 N–H and O–H groups in total. The van der Waals surface area contributed by atoms with E-state index in [2.05, 4.69) is 48.6 Å². The number of ether oxygens (including phenoxy) is 1. The molecule has 2 bridgehead atoms. The van der Waals surface area contributed by atoms with E-state index in [1.807, 2.05) is 0 Å². The molecule has 5 aliphatic rings. The first-order chi connectivity index (χ1) is 14.5. The van der Waals surface area contributed by atoms with Crippen molar-refractivity contribution in [2.45, 2.75) is 102 Å². The van der Waals surface area contributed by atoms with Crippen molar-refractivity contribution in [1.82, 2.24) is 5.32 Å². The second kappa shape index (κ2) is 6.99. The van der Waals surface area contributed by atoms with Crippen LogP contribution in [0.5, 0.6) is 5.75 Å². The van der Waals surface area contributed by atoms with E-state index >= 15 is 0 Å². The third-order valence-corrected chi connectivity index (χ3v) is 9.42. The van der Waals surface area contributed by atoms with Crippen molar-refractivity contribution < 1.29 is 4.74 Å². The number of rotatable bonds is 5. The molecule has 0 aromatic heterocycles. The molecule has 2 heteroatoms. The van der Waals surface area contributed by atoms with Crippen LogP contribution in [0.3, 0.4) is 0 Å². The van der Waals surface area contributed by atoms with Gasteiger partial charge < -0.3 is 10.1 Å². The molecule has 30 heavy (non-hydrogen) atoms. The van der Waals surface area contributed by atoms with E-state index in [1.165, 1.54) is 93.4 Å². The average Bonchev–Trinajstić information content (AvgIpc) is 3.54. The summed E-state index contributed by atoms with van der Waals surface area (Å²) in [6.07, 6.45) is 16.9. The standard InChI is InChI=1S/C28H37NO/c1-26-10-15-28(16-11-26,17-12-26)29-20-21-2-3-23-19-25(5-4-22(23)18-21)30-24-6-8-27(9-7-24)13-14-27/h2-5,18-19,24,29H,6-17,20H2,1H3. The Hall–Kier alpha value is -1.54. The molecule has 2 aromatic carbocycles. The molecule has 0 saturated heterocycles. The maximum Gasteiger partial charge on any atom is 0.120 e. The number of fused-ring (bicyclic) bond motifs is 4. The van der Waals surface area contributed by atoms with Gasteiger partial charge >= 0.3 is 0 Å². The SMILES string of the molecule is CC12CCC(NCc3ccc4cc(OC5CCC6(CC5)CC6)ccc4c3)(CC1)CC2. The van der Waals surface area contributed by atoms with E-state index in [1.54, 1.807) is 0 Å². The van der Waals surface area contributed by atoms with Gasteiger partial charge in [-0.05, 0) is 122 Å². The van der Waals surface area contributed by atoms with Crippen LogP contribution in [0.2, 0.25) is 0 Å². The maximum absolute atomic E-state index is 6.37. The molecule has 0 atom stereocenters. The van der Waals surface area contributed by atoms with Gasteiger partial charge in [0.25, 0.3) is 0 Å². The Morgan fingerprint density at radius 2 is 1.47 bits per heavy atom. The highest BCUT2D eigenvalue weighted by molar-refractivity contribution is 5.84. The summed E-state index contributed by atoms with van der Waals surface area (Å²) in [6.45, 7) is 3.49. The van der Waals surface area contributed by atoms with Gasteiger partial charge in [0.2, 0.25) is 0 Å². The lowest BCUT2D eigenvalue weighted by Crippen LogP contribution is -2.53. The summed E-state index contributed by atoms with van der Waals surface area (Å²) in [5.74, 6) is 1.05. The first-order valence-electron chi connectivity index (χ1n) is 12.5. The van der Waals surface area contributed by atoms with Crippen molar-refractivity contribution in [3.63, 3.8) is 0 Å². The molecule has 1 spiro atoms. The van der Waals surface area contributed by atoms with Crippen LogP contribution in [-0.4, -0.2) is 11.6 Å². The van der Waals surface area contributed by atoms with E-state index in [-0.39, 0.29) is 0 Å². The molecule has 5 saturated carbocycles. The summed E-state index contributed by atoms with van der Waals surface area (Å²) >= 11 is 0. The summed E-state index contributed by atoms with van der Waals surface area (Å²) in [7, 11) is 0. The topological polar surface area (TPSA) is 21.3 Å². The van der Waals surface area contributed by atoms with Gasteiger partial charge in [-0.15, -0.1) is 0 Å². The smallest absolute Gasteiger partial charge is 0.120 e. The lowest BCUT2D eigenvalue weighted by molar-refractivity contribution is 0.0360. The largest absolute Gasteiger partial charge is 0.490 e. The fourth-order valence-corrected chi connectivity index (χ4v) is 6.58. The molecule has 160 valence electrons. The fourth-order valence-electron chi connectivity index (χ4n) is 6.58. The van der Waals surface area contributed by atoms with Crippen molar-refractivity contribution in [1.29, 1.82) is 0 Å². The Morgan fingerprint density at radius 3 is 2.17 bits per heavy atom. The van der Waals surface area contributed by atoms with Crippen LogP contribution < -0.4 is 10.1 Å². The van der Waals surface area contributed by atoms with Crippen molar-refractivity contribution in [2.24, 2.45) is 10.8 Å². The van der Waals surface area contributed by atoms with Crippen LogP contribution in [-0.2, 0) is 6.54 Å². The van der Waals surface area contributed by atoms with E-state index in [9.17, 15) is 0 Å². The third kappa shape index (κ3) is 3.66. The lowest BCUT2D eigenvalue weighted by Gasteiger charge is -2.52. The van der Waals surface area contributed by atoms with Crippen LogP contribution in [0.1, 0.15) is 89.5 Å². The van der Waals surface area contributed by atoms with Gasteiger partial charge in [-0.3, -0.25) is 0 Å². The molecule has 7 rings (SSSR count). The van der Waals surface area contributed by atoms with Gasteiger partial charge in [0.05, 0.1) is 6.10 Å². The van der Waals surface area contributed by atoms with E-state index in [0.717, 1.165) is 17.7 Å². The van der Waals surface area contributed by atoms with Crippen molar-refractivity contribution >= 4 is 10.8 Å². The Kier molecular flexibility index (Phi) is 4.46. The van der Waals surface area contributed by atoms with Gasteiger partial charge in [0.15, 0.2) is 0 Å². The normalized spacial score (nSPS) is 32.6. The Morgan fingerprint density at radius 1 is 0.800 bits per heavy atom. The van der Waals surface area contributed by atoms with Gasteiger partial charge in [-0.25, -0.2) is 0 Å². The summed E-state index contributed by atoms with van der Waals surface area (Å²) in [5.41, 5.74) is 3.20. The van der Waals surface area contributed by atoms with Crippen LogP contribution in [0, 0.1) is 10.8 Å². The highest BCUT2D eigenvalue weighted by Crippen LogP contribution is 2.56.